The highest BCUT2D eigenvalue weighted by Crippen LogP contribution is 2.20. The van der Waals surface area contributed by atoms with Gasteiger partial charge in [0.05, 0.1) is 5.69 Å². The first-order valence-corrected chi connectivity index (χ1v) is 8.37. The fraction of sp³-hybridized carbons (Fsp3) is 0.0476. The van der Waals surface area contributed by atoms with E-state index in [1.165, 1.54) is 0 Å². The zero-order valence-corrected chi connectivity index (χ0v) is 14.2. The van der Waals surface area contributed by atoms with Crippen LogP contribution in [0.5, 0.6) is 0 Å². The molecule has 0 aliphatic rings. The van der Waals surface area contributed by atoms with Crippen molar-refractivity contribution < 1.29 is 9.59 Å². The number of nitrogens with one attached hydrogen (secondary N) is 1. The average Bonchev–Trinajstić information content (AvgIpc) is 2.68. The summed E-state index contributed by atoms with van der Waals surface area (Å²) in [6.45, 7) is 0. The zero-order chi connectivity index (χ0) is 17.6. The van der Waals surface area contributed by atoms with Crippen molar-refractivity contribution in [2.75, 3.05) is 5.32 Å². The minimum atomic E-state index is -0.269. The van der Waals surface area contributed by atoms with Crippen LogP contribution in [0.4, 0.5) is 5.69 Å². The number of hydrogen-bond acceptors (Lipinski definition) is 2. The van der Waals surface area contributed by atoms with E-state index in [1.54, 1.807) is 48.5 Å². The molecule has 3 aromatic carbocycles. The van der Waals surface area contributed by atoms with Crippen molar-refractivity contribution >= 4 is 29.0 Å². The molecular formula is C21H16ClNO2. The minimum Gasteiger partial charge on any atom is -0.321 e. The van der Waals surface area contributed by atoms with Crippen molar-refractivity contribution in [3.63, 3.8) is 0 Å². The summed E-state index contributed by atoms with van der Waals surface area (Å²) >= 11 is 5.76. The van der Waals surface area contributed by atoms with Crippen molar-refractivity contribution in [1.29, 1.82) is 0 Å². The molecule has 0 fully saturated rings. The third-order valence-corrected chi connectivity index (χ3v) is 4.13. The summed E-state index contributed by atoms with van der Waals surface area (Å²) < 4.78 is 0. The second-order valence-electron chi connectivity index (χ2n) is 5.53. The van der Waals surface area contributed by atoms with E-state index in [-0.39, 0.29) is 11.7 Å². The maximum absolute atomic E-state index is 12.7. The number of ketones is 1. The van der Waals surface area contributed by atoms with E-state index >= 15 is 0 Å². The predicted octanol–water partition coefficient (Wildman–Crippen LogP) is 4.91. The highest BCUT2D eigenvalue weighted by atomic mass is 35.5. The van der Waals surface area contributed by atoms with Gasteiger partial charge in [-0.2, -0.15) is 0 Å². The van der Waals surface area contributed by atoms with Crippen LogP contribution in [0.2, 0.25) is 0 Å². The van der Waals surface area contributed by atoms with Crippen LogP contribution in [0, 0.1) is 0 Å². The maximum Gasteiger partial charge on any atom is 0.255 e. The molecule has 1 amide bonds. The quantitative estimate of drug-likeness (QED) is 0.525. The maximum atomic E-state index is 12.7. The Kier molecular flexibility index (Phi) is 5.26. The number of anilines is 1. The standard InChI is InChI=1S/C21H16ClNO2/c22-14-15-10-12-17(13-11-15)21(25)23-19-9-5-4-8-18(19)20(24)16-6-2-1-3-7-16/h1-13H,14H2,(H,23,25). The van der Waals surface area contributed by atoms with Gasteiger partial charge in [0.1, 0.15) is 0 Å². The van der Waals surface area contributed by atoms with Gasteiger partial charge >= 0.3 is 0 Å². The lowest BCUT2D eigenvalue weighted by molar-refractivity contribution is 0.102. The van der Waals surface area contributed by atoms with Crippen LogP contribution in [0.15, 0.2) is 78.9 Å². The Morgan fingerprint density at radius 3 is 2.08 bits per heavy atom. The van der Waals surface area contributed by atoms with Gasteiger partial charge in [0.15, 0.2) is 5.78 Å². The fourth-order valence-electron chi connectivity index (χ4n) is 2.47. The smallest absolute Gasteiger partial charge is 0.255 e. The van der Waals surface area contributed by atoms with Crippen LogP contribution < -0.4 is 5.32 Å². The molecule has 0 saturated heterocycles. The summed E-state index contributed by atoms with van der Waals surface area (Å²) in [4.78, 5) is 25.2. The third-order valence-electron chi connectivity index (χ3n) is 3.83. The molecular weight excluding hydrogens is 334 g/mol. The molecule has 0 unspecified atom stereocenters. The number of amides is 1. The fourth-order valence-corrected chi connectivity index (χ4v) is 2.65. The lowest BCUT2D eigenvalue weighted by atomic mass is 10.0. The van der Waals surface area contributed by atoms with E-state index in [1.807, 2.05) is 30.3 Å². The Balaban J connectivity index is 1.85. The van der Waals surface area contributed by atoms with Gasteiger partial charge in [0.2, 0.25) is 0 Å². The first-order chi connectivity index (χ1) is 12.2. The third kappa shape index (κ3) is 3.95. The molecule has 0 spiro atoms. The Morgan fingerprint density at radius 1 is 0.760 bits per heavy atom. The normalized spacial score (nSPS) is 10.3. The molecule has 25 heavy (non-hydrogen) atoms. The first kappa shape index (κ1) is 16.9. The summed E-state index contributed by atoms with van der Waals surface area (Å²) in [7, 11) is 0. The molecule has 124 valence electrons. The predicted molar refractivity (Wildman–Crippen MR) is 100 cm³/mol. The van der Waals surface area contributed by atoms with Gasteiger partial charge in [0, 0.05) is 22.6 Å². The minimum absolute atomic E-state index is 0.131. The molecule has 0 heterocycles. The van der Waals surface area contributed by atoms with Gasteiger partial charge in [0.25, 0.3) is 5.91 Å². The van der Waals surface area contributed by atoms with Crippen molar-refractivity contribution in [1.82, 2.24) is 0 Å². The SMILES string of the molecule is O=C(Nc1ccccc1C(=O)c1ccccc1)c1ccc(CCl)cc1. The molecule has 0 aliphatic carbocycles. The molecule has 1 N–H and O–H groups in total. The van der Waals surface area contributed by atoms with Crippen LogP contribution in [-0.4, -0.2) is 11.7 Å². The average molecular weight is 350 g/mol. The number of rotatable bonds is 5. The van der Waals surface area contributed by atoms with E-state index in [4.69, 9.17) is 11.6 Å². The van der Waals surface area contributed by atoms with Crippen molar-refractivity contribution in [2.45, 2.75) is 5.88 Å². The number of benzene rings is 3. The molecule has 0 atom stereocenters. The van der Waals surface area contributed by atoms with Gasteiger partial charge in [-0.3, -0.25) is 9.59 Å². The highest BCUT2D eigenvalue weighted by Gasteiger charge is 2.15. The summed E-state index contributed by atoms with van der Waals surface area (Å²) in [6, 6.07) is 23.0. The van der Waals surface area contributed by atoms with Crippen molar-refractivity contribution in [3.8, 4) is 0 Å². The van der Waals surface area contributed by atoms with Gasteiger partial charge in [-0.05, 0) is 29.8 Å². The van der Waals surface area contributed by atoms with E-state index in [0.717, 1.165) is 5.56 Å². The zero-order valence-electron chi connectivity index (χ0n) is 13.4. The van der Waals surface area contributed by atoms with Crippen molar-refractivity contribution in [2.24, 2.45) is 0 Å². The molecule has 4 heteroatoms. The van der Waals surface area contributed by atoms with Crippen LogP contribution in [0.25, 0.3) is 0 Å². The molecule has 0 radical (unpaired) electrons. The second kappa shape index (κ2) is 7.77. The summed E-state index contributed by atoms with van der Waals surface area (Å²) in [6.07, 6.45) is 0. The lowest BCUT2D eigenvalue weighted by Crippen LogP contribution is -2.15. The van der Waals surface area contributed by atoms with Crippen LogP contribution in [0.1, 0.15) is 31.8 Å². The van der Waals surface area contributed by atoms with Gasteiger partial charge in [-0.1, -0.05) is 54.6 Å². The number of para-hydroxylation sites is 1. The Bertz CT molecular complexity index is 889. The summed E-state index contributed by atoms with van der Waals surface area (Å²) in [5.74, 6) is -0.000492. The van der Waals surface area contributed by atoms with Gasteiger partial charge < -0.3 is 5.32 Å². The van der Waals surface area contributed by atoms with E-state index < -0.39 is 0 Å². The monoisotopic (exact) mass is 349 g/mol. The Labute approximate surface area is 151 Å². The van der Waals surface area contributed by atoms with Crippen LogP contribution in [0.3, 0.4) is 0 Å². The lowest BCUT2D eigenvalue weighted by Gasteiger charge is -2.11. The van der Waals surface area contributed by atoms with Gasteiger partial charge in [-0.15, -0.1) is 11.6 Å². The molecule has 0 aromatic heterocycles. The number of carbonyl (C=O) groups is 2. The number of hydrogen-bond donors (Lipinski definition) is 1. The summed E-state index contributed by atoms with van der Waals surface area (Å²) in [5, 5.41) is 2.82. The van der Waals surface area contributed by atoms with Gasteiger partial charge in [-0.25, -0.2) is 0 Å². The number of carbonyl (C=O) groups excluding carboxylic acids is 2. The highest BCUT2D eigenvalue weighted by molar-refractivity contribution is 6.17. The van der Waals surface area contributed by atoms with E-state index in [2.05, 4.69) is 5.32 Å². The molecule has 3 nitrogen and oxygen atoms in total. The topological polar surface area (TPSA) is 46.2 Å². The number of halogens is 1. The Hall–Kier alpha value is -2.91. The molecule has 0 bridgehead atoms. The van der Waals surface area contributed by atoms with Crippen LogP contribution >= 0.6 is 11.6 Å². The molecule has 3 aromatic rings. The van der Waals surface area contributed by atoms with Crippen LogP contribution in [-0.2, 0) is 5.88 Å². The Morgan fingerprint density at radius 2 is 1.40 bits per heavy atom. The molecule has 0 saturated carbocycles. The second-order valence-corrected chi connectivity index (χ2v) is 5.79. The largest absolute Gasteiger partial charge is 0.321 e. The first-order valence-electron chi connectivity index (χ1n) is 7.84. The molecule has 0 aliphatic heterocycles. The van der Waals surface area contributed by atoms with E-state index in [0.29, 0.717) is 28.3 Å². The van der Waals surface area contributed by atoms with Crippen molar-refractivity contribution in [3.05, 3.63) is 101 Å². The summed E-state index contributed by atoms with van der Waals surface area (Å²) in [5.41, 5.74) is 2.98. The number of alkyl halides is 1. The van der Waals surface area contributed by atoms with E-state index in [9.17, 15) is 9.59 Å². The molecule has 3 rings (SSSR count).